The minimum atomic E-state index is -0.0434. The number of amides is 1. The van der Waals surface area contributed by atoms with Crippen LogP contribution in [-0.4, -0.2) is 17.9 Å². The molecule has 10 heavy (non-hydrogen) atoms. The Morgan fingerprint density at radius 1 is 1.60 bits per heavy atom. The predicted molar refractivity (Wildman–Crippen MR) is 42.4 cm³/mol. The maximum absolute atomic E-state index is 11.0. The number of carbonyl (C=O) groups excluding carboxylic acids is 1. The largest absolute Gasteiger partial charge is 0.319 e. The molecule has 0 saturated heterocycles. The second kappa shape index (κ2) is 3.88. The quantitative estimate of drug-likeness (QED) is 0.531. The van der Waals surface area contributed by atoms with Crippen LogP contribution in [0.3, 0.4) is 0 Å². The normalized spacial score (nSPS) is 9.90. The Morgan fingerprint density at radius 3 is 2.40 bits per heavy atom. The second-order valence-corrected chi connectivity index (χ2v) is 2.18. The summed E-state index contributed by atoms with van der Waals surface area (Å²) in [5, 5.41) is 0. The molecule has 0 aliphatic rings. The van der Waals surface area contributed by atoms with Crippen molar-refractivity contribution in [3.05, 3.63) is 24.4 Å². The third-order valence-corrected chi connectivity index (χ3v) is 1.06. The molecule has 0 bridgehead atoms. The van der Waals surface area contributed by atoms with Crippen LogP contribution in [0.1, 0.15) is 13.8 Å². The zero-order valence-electron chi connectivity index (χ0n) is 6.72. The molecule has 0 radical (unpaired) electrons. The first-order valence-corrected chi connectivity index (χ1v) is 3.15. The molecule has 0 rings (SSSR count). The van der Waals surface area contributed by atoms with Gasteiger partial charge in [-0.25, -0.2) is 0 Å². The third kappa shape index (κ3) is 2.49. The number of allylic oxidation sites excluding steroid dienone is 1. The minimum absolute atomic E-state index is 0.0434. The zero-order valence-corrected chi connectivity index (χ0v) is 6.72. The molecule has 0 aliphatic carbocycles. The van der Waals surface area contributed by atoms with Crippen molar-refractivity contribution in [3.8, 4) is 0 Å². The maximum atomic E-state index is 11.0. The predicted octanol–water partition coefficient (Wildman–Crippen LogP) is 1.55. The Kier molecular flexibility index (Phi) is 3.47. The number of rotatable bonds is 2. The number of hydrogen-bond acceptors (Lipinski definition) is 1. The van der Waals surface area contributed by atoms with Crippen molar-refractivity contribution in [1.29, 1.82) is 0 Å². The average Bonchev–Trinajstić information content (AvgIpc) is 1.87. The minimum Gasteiger partial charge on any atom is -0.319 e. The molecule has 2 nitrogen and oxygen atoms in total. The van der Waals surface area contributed by atoms with Crippen molar-refractivity contribution < 1.29 is 4.79 Å². The molecule has 0 N–H and O–H groups in total. The van der Waals surface area contributed by atoms with Crippen LogP contribution in [0.25, 0.3) is 0 Å². The molecular formula is C8H13NO. The fourth-order valence-corrected chi connectivity index (χ4v) is 0.592. The highest BCUT2D eigenvalue weighted by Crippen LogP contribution is 1.95. The number of likely N-dealkylation sites (N-methyl/N-ethyl adjacent to an activating group) is 1. The van der Waals surface area contributed by atoms with Gasteiger partial charge >= 0.3 is 0 Å². The topological polar surface area (TPSA) is 20.3 Å². The van der Waals surface area contributed by atoms with Gasteiger partial charge in [0.2, 0.25) is 0 Å². The lowest BCUT2D eigenvalue weighted by Crippen LogP contribution is -2.20. The summed E-state index contributed by atoms with van der Waals surface area (Å²) in [4.78, 5) is 12.5. The van der Waals surface area contributed by atoms with Crippen LogP contribution < -0.4 is 0 Å². The van der Waals surface area contributed by atoms with E-state index in [0.29, 0.717) is 5.57 Å². The van der Waals surface area contributed by atoms with Crippen molar-refractivity contribution in [2.45, 2.75) is 13.8 Å². The monoisotopic (exact) mass is 139 g/mol. The van der Waals surface area contributed by atoms with Gasteiger partial charge in [0.05, 0.1) is 0 Å². The van der Waals surface area contributed by atoms with Gasteiger partial charge in [-0.15, -0.1) is 0 Å². The van der Waals surface area contributed by atoms with E-state index in [1.54, 1.807) is 26.2 Å². The van der Waals surface area contributed by atoms with Crippen molar-refractivity contribution in [3.63, 3.8) is 0 Å². The molecule has 0 spiro atoms. The lowest BCUT2D eigenvalue weighted by atomic mass is 10.3. The second-order valence-electron chi connectivity index (χ2n) is 2.18. The van der Waals surface area contributed by atoms with Crippen molar-refractivity contribution in [2.24, 2.45) is 0 Å². The smallest absolute Gasteiger partial charge is 0.252 e. The Morgan fingerprint density at radius 2 is 2.10 bits per heavy atom. The zero-order chi connectivity index (χ0) is 8.15. The number of nitrogens with zero attached hydrogens (tertiary/aromatic N) is 1. The van der Waals surface area contributed by atoms with E-state index in [2.05, 4.69) is 6.58 Å². The van der Waals surface area contributed by atoms with Gasteiger partial charge in [0, 0.05) is 18.8 Å². The van der Waals surface area contributed by atoms with E-state index in [1.165, 1.54) is 4.90 Å². The third-order valence-electron chi connectivity index (χ3n) is 1.06. The summed E-state index contributed by atoms with van der Waals surface area (Å²) in [6.07, 6.45) is 3.51. The van der Waals surface area contributed by atoms with Gasteiger partial charge in [-0.2, -0.15) is 0 Å². The number of carbonyl (C=O) groups is 1. The van der Waals surface area contributed by atoms with Crippen molar-refractivity contribution in [2.75, 3.05) is 7.05 Å². The fraction of sp³-hybridized carbons (Fsp3) is 0.375. The van der Waals surface area contributed by atoms with Gasteiger partial charge in [-0.1, -0.05) is 12.7 Å². The van der Waals surface area contributed by atoms with Gasteiger partial charge in [0.1, 0.15) is 0 Å². The van der Waals surface area contributed by atoms with Crippen LogP contribution >= 0.6 is 0 Å². The summed E-state index contributed by atoms with van der Waals surface area (Å²) in [5.74, 6) is -0.0434. The summed E-state index contributed by atoms with van der Waals surface area (Å²) in [7, 11) is 1.71. The Bertz CT molecular complexity index is 170. The Labute approximate surface area is 61.8 Å². The molecule has 0 unspecified atom stereocenters. The molecule has 0 heterocycles. The summed E-state index contributed by atoms with van der Waals surface area (Å²) in [6.45, 7) is 7.09. The molecule has 56 valence electrons. The summed E-state index contributed by atoms with van der Waals surface area (Å²) in [5.41, 5.74) is 0.556. The van der Waals surface area contributed by atoms with Crippen molar-refractivity contribution >= 4 is 5.91 Å². The average molecular weight is 139 g/mol. The van der Waals surface area contributed by atoms with Crippen LogP contribution in [0.15, 0.2) is 24.4 Å². The van der Waals surface area contributed by atoms with E-state index >= 15 is 0 Å². The molecular weight excluding hydrogens is 126 g/mol. The van der Waals surface area contributed by atoms with Gasteiger partial charge in [0.25, 0.3) is 5.91 Å². The van der Waals surface area contributed by atoms with E-state index in [4.69, 9.17) is 0 Å². The van der Waals surface area contributed by atoms with E-state index in [9.17, 15) is 4.79 Å². The molecule has 0 aromatic carbocycles. The van der Waals surface area contributed by atoms with Crippen LogP contribution in [-0.2, 0) is 4.79 Å². The molecule has 0 fully saturated rings. The van der Waals surface area contributed by atoms with Crippen molar-refractivity contribution in [1.82, 2.24) is 4.90 Å². The summed E-state index contributed by atoms with van der Waals surface area (Å²) < 4.78 is 0. The summed E-state index contributed by atoms with van der Waals surface area (Å²) >= 11 is 0. The molecule has 0 aromatic rings. The SMILES string of the molecule is C=C(C)C(=O)N(C)/C=C\C. The molecule has 2 heteroatoms. The van der Waals surface area contributed by atoms with E-state index in [1.807, 2.05) is 6.92 Å². The first-order chi connectivity index (χ1) is 4.59. The molecule has 0 aromatic heterocycles. The molecule has 1 amide bonds. The molecule has 0 aliphatic heterocycles. The van der Waals surface area contributed by atoms with E-state index in [-0.39, 0.29) is 5.91 Å². The van der Waals surface area contributed by atoms with Gasteiger partial charge < -0.3 is 4.90 Å². The summed E-state index contributed by atoms with van der Waals surface area (Å²) in [6, 6.07) is 0. The standard InChI is InChI=1S/C8H13NO/c1-5-6-9(4)8(10)7(2)3/h5-6H,2H2,1,3-4H3/b6-5-. The van der Waals surface area contributed by atoms with Crippen LogP contribution in [0.5, 0.6) is 0 Å². The molecule has 0 atom stereocenters. The Hall–Kier alpha value is -1.05. The highest BCUT2D eigenvalue weighted by Gasteiger charge is 2.03. The van der Waals surface area contributed by atoms with Crippen LogP contribution in [0.2, 0.25) is 0 Å². The molecule has 0 saturated carbocycles. The van der Waals surface area contributed by atoms with Crippen LogP contribution in [0, 0.1) is 0 Å². The van der Waals surface area contributed by atoms with Gasteiger partial charge in [-0.3, -0.25) is 4.79 Å². The highest BCUT2D eigenvalue weighted by atomic mass is 16.2. The van der Waals surface area contributed by atoms with E-state index in [0.717, 1.165) is 0 Å². The Balaban J connectivity index is 4.08. The first kappa shape index (κ1) is 8.95. The lowest BCUT2D eigenvalue weighted by molar-refractivity contribution is -0.123. The first-order valence-electron chi connectivity index (χ1n) is 3.15. The van der Waals surface area contributed by atoms with Crippen LogP contribution in [0.4, 0.5) is 0 Å². The van der Waals surface area contributed by atoms with E-state index < -0.39 is 0 Å². The fourth-order valence-electron chi connectivity index (χ4n) is 0.592. The maximum Gasteiger partial charge on any atom is 0.252 e. The lowest BCUT2D eigenvalue weighted by Gasteiger charge is -2.10. The van der Waals surface area contributed by atoms with Gasteiger partial charge in [-0.05, 0) is 13.8 Å². The van der Waals surface area contributed by atoms with Gasteiger partial charge in [0.15, 0.2) is 0 Å². The number of hydrogen-bond donors (Lipinski definition) is 0. The highest BCUT2D eigenvalue weighted by molar-refractivity contribution is 5.92.